The average Bonchev–Trinajstić information content (AvgIpc) is 2.38. The van der Waals surface area contributed by atoms with Crippen LogP contribution in [0.3, 0.4) is 0 Å². The van der Waals surface area contributed by atoms with Crippen LogP contribution in [0.15, 0.2) is 12.3 Å². The summed E-state index contributed by atoms with van der Waals surface area (Å²) in [5.74, 6) is 5.00. The van der Waals surface area contributed by atoms with Crippen LogP contribution in [0.25, 0.3) is 0 Å². The molecule has 0 aliphatic heterocycles. The average molecular weight is 257 g/mol. The van der Waals surface area contributed by atoms with Gasteiger partial charge in [0.1, 0.15) is 11.6 Å². The first-order valence-corrected chi connectivity index (χ1v) is 7.85. The fraction of sp³-hybridized carbons (Fsp3) is 0.750. The van der Waals surface area contributed by atoms with Gasteiger partial charge in [0.2, 0.25) is 0 Å². The van der Waals surface area contributed by atoms with E-state index in [2.05, 4.69) is 17.2 Å². The van der Waals surface area contributed by atoms with Gasteiger partial charge >= 0.3 is 0 Å². The first-order chi connectivity index (χ1) is 9.27. The Morgan fingerprint density at radius 3 is 2.37 bits per heavy atom. The number of aromatic nitrogens is 2. The van der Waals surface area contributed by atoms with Crippen LogP contribution in [0, 0.1) is 17.8 Å². The molecule has 4 aliphatic rings. The molecule has 0 spiro atoms. The van der Waals surface area contributed by atoms with Crippen LogP contribution in [0.2, 0.25) is 0 Å². The molecule has 0 atom stereocenters. The molecular formula is C16H23N3. The van der Waals surface area contributed by atoms with Crippen LogP contribution in [-0.2, 0) is 5.41 Å². The molecule has 1 aromatic rings. The van der Waals surface area contributed by atoms with E-state index in [1.807, 2.05) is 12.3 Å². The smallest absolute Gasteiger partial charge is 0.136 e. The van der Waals surface area contributed by atoms with Gasteiger partial charge in [-0.05, 0) is 69.3 Å². The molecule has 4 aliphatic carbocycles. The quantitative estimate of drug-likeness (QED) is 0.902. The van der Waals surface area contributed by atoms with Crippen molar-refractivity contribution in [2.45, 2.75) is 50.9 Å². The summed E-state index contributed by atoms with van der Waals surface area (Å²) in [5.41, 5.74) is 0.320. The Kier molecular flexibility index (Phi) is 2.58. The summed E-state index contributed by atoms with van der Waals surface area (Å²) in [5, 5.41) is 3.33. The molecule has 4 saturated carbocycles. The van der Waals surface area contributed by atoms with Crippen LogP contribution in [0.1, 0.15) is 51.3 Å². The highest BCUT2D eigenvalue weighted by Gasteiger charge is 2.53. The summed E-state index contributed by atoms with van der Waals surface area (Å²) in [4.78, 5) is 9.49. The fourth-order valence-corrected chi connectivity index (χ4v) is 5.28. The van der Waals surface area contributed by atoms with Gasteiger partial charge in [-0.3, -0.25) is 0 Å². The van der Waals surface area contributed by atoms with Gasteiger partial charge in [-0.2, -0.15) is 0 Å². The Morgan fingerprint density at radius 2 is 1.79 bits per heavy atom. The third kappa shape index (κ3) is 1.86. The van der Waals surface area contributed by atoms with Crippen molar-refractivity contribution in [3.05, 3.63) is 18.1 Å². The molecule has 3 nitrogen and oxygen atoms in total. The van der Waals surface area contributed by atoms with Gasteiger partial charge in [0, 0.05) is 18.2 Å². The van der Waals surface area contributed by atoms with Gasteiger partial charge in [-0.25, -0.2) is 9.97 Å². The molecule has 19 heavy (non-hydrogen) atoms. The second-order valence-corrected chi connectivity index (χ2v) is 6.99. The highest BCUT2D eigenvalue weighted by Crippen LogP contribution is 2.60. The molecule has 102 valence electrons. The van der Waals surface area contributed by atoms with E-state index in [1.54, 1.807) is 0 Å². The topological polar surface area (TPSA) is 37.8 Å². The lowest BCUT2D eigenvalue weighted by atomic mass is 9.49. The molecule has 5 rings (SSSR count). The first-order valence-electron chi connectivity index (χ1n) is 7.85. The Bertz CT molecular complexity index is 447. The largest absolute Gasteiger partial charge is 0.370 e. The van der Waals surface area contributed by atoms with Crippen LogP contribution in [0.4, 0.5) is 5.82 Å². The summed E-state index contributed by atoms with van der Waals surface area (Å²) in [7, 11) is 0. The Labute approximate surface area is 115 Å². The van der Waals surface area contributed by atoms with E-state index in [-0.39, 0.29) is 0 Å². The molecule has 3 heteroatoms. The molecular weight excluding hydrogens is 234 g/mol. The van der Waals surface area contributed by atoms with E-state index in [0.29, 0.717) is 5.41 Å². The summed E-state index contributed by atoms with van der Waals surface area (Å²) in [6.45, 7) is 3.05. The zero-order valence-corrected chi connectivity index (χ0v) is 11.7. The molecule has 0 radical (unpaired) electrons. The van der Waals surface area contributed by atoms with E-state index < -0.39 is 0 Å². The minimum absolute atomic E-state index is 0.320. The van der Waals surface area contributed by atoms with Crippen LogP contribution >= 0.6 is 0 Å². The van der Waals surface area contributed by atoms with E-state index in [4.69, 9.17) is 4.98 Å². The van der Waals surface area contributed by atoms with Crippen LogP contribution < -0.4 is 5.32 Å². The van der Waals surface area contributed by atoms with Crippen molar-refractivity contribution in [1.29, 1.82) is 0 Å². The number of hydrogen-bond acceptors (Lipinski definition) is 3. The standard InChI is InChI=1S/C16H23N3/c1-2-17-14-3-4-18-15(19-14)16-8-11-5-12(9-16)7-13(6-11)10-16/h3-4,11-13H,2,5-10H2,1H3,(H,17,18,19). The minimum Gasteiger partial charge on any atom is -0.370 e. The highest BCUT2D eigenvalue weighted by molar-refractivity contribution is 5.34. The third-order valence-corrected chi connectivity index (χ3v) is 5.53. The van der Waals surface area contributed by atoms with Crippen molar-refractivity contribution in [2.24, 2.45) is 17.8 Å². The normalized spacial score (nSPS) is 39.5. The predicted molar refractivity (Wildman–Crippen MR) is 76.0 cm³/mol. The lowest BCUT2D eigenvalue weighted by Crippen LogP contribution is -2.49. The third-order valence-electron chi connectivity index (χ3n) is 5.53. The Hall–Kier alpha value is -1.12. The van der Waals surface area contributed by atoms with Crippen molar-refractivity contribution in [2.75, 3.05) is 11.9 Å². The first kappa shape index (κ1) is 11.7. The summed E-state index contributed by atoms with van der Waals surface area (Å²) in [6.07, 6.45) is 10.4. The number of nitrogens with zero attached hydrogens (tertiary/aromatic N) is 2. The van der Waals surface area contributed by atoms with Gasteiger partial charge in [0.15, 0.2) is 0 Å². The van der Waals surface area contributed by atoms with Gasteiger partial charge in [-0.15, -0.1) is 0 Å². The zero-order chi connectivity index (χ0) is 12.9. The maximum atomic E-state index is 4.83. The lowest BCUT2D eigenvalue weighted by Gasteiger charge is -2.55. The fourth-order valence-electron chi connectivity index (χ4n) is 5.28. The lowest BCUT2D eigenvalue weighted by molar-refractivity contribution is -0.00933. The van der Waals surface area contributed by atoms with Gasteiger partial charge < -0.3 is 5.32 Å². The summed E-state index contributed by atoms with van der Waals surface area (Å²) >= 11 is 0. The highest BCUT2D eigenvalue weighted by atomic mass is 15.0. The second-order valence-electron chi connectivity index (χ2n) is 6.99. The van der Waals surface area contributed by atoms with Crippen LogP contribution in [-0.4, -0.2) is 16.5 Å². The molecule has 0 unspecified atom stereocenters. The summed E-state index contributed by atoms with van der Waals surface area (Å²) in [6, 6.07) is 1.99. The Morgan fingerprint density at radius 1 is 1.16 bits per heavy atom. The molecule has 4 bridgehead atoms. The molecule has 0 saturated heterocycles. The molecule has 4 fully saturated rings. The molecule has 1 heterocycles. The molecule has 0 aromatic carbocycles. The maximum Gasteiger partial charge on any atom is 0.136 e. The molecule has 1 aromatic heterocycles. The number of anilines is 1. The van der Waals surface area contributed by atoms with E-state index in [9.17, 15) is 0 Å². The van der Waals surface area contributed by atoms with Crippen molar-refractivity contribution >= 4 is 5.82 Å². The molecule has 0 amide bonds. The Balaban J connectivity index is 1.69. The van der Waals surface area contributed by atoms with Crippen molar-refractivity contribution in [1.82, 2.24) is 9.97 Å². The maximum absolute atomic E-state index is 4.83. The van der Waals surface area contributed by atoms with Gasteiger partial charge in [-0.1, -0.05) is 0 Å². The predicted octanol–water partition coefficient (Wildman–Crippen LogP) is 3.38. The van der Waals surface area contributed by atoms with Crippen molar-refractivity contribution < 1.29 is 0 Å². The van der Waals surface area contributed by atoms with Gasteiger partial charge in [0.05, 0.1) is 0 Å². The van der Waals surface area contributed by atoms with E-state index in [1.165, 1.54) is 38.5 Å². The number of rotatable bonds is 3. The summed E-state index contributed by atoms with van der Waals surface area (Å²) < 4.78 is 0. The molecule has 1 N–H and O–H groups in total. The zero-order valence-electron chi connectivity index (χ0n) is 11.7. The van der Waals surface area contributed by atoms with Crippen LogP contribution in [0.5, 0.6) is 0 Å². The number of hydrogen-bond donors (Lipinski definition) is 1. The number of nitrogens with one attached hydrogen (secondary N) is 1. The van der Waals surface area contributed by atoms with E-state index in [0.717, 1.165) is 35.9 Å². The SMILES string of the molecule is CCNc1ccnc(C23CC4CC(CC(C4)C2)C3)n1. The minimum atomic E-state index is 0.320. The second kappa shape index (κ2) is 4.19. The van der Waals surface area contributed by atoms with Crippen molar-refractivity contribution in [3.63, 3.8) is 0 Å². The van der Waals surface area contributed by atoms with E-state index >= 15 is 0 Å². The van der Waals surface area contributed by atoms with Crippen molar-refractivity contribution in [3.8, 4) is 0 Å². The monoisotopic (exact) mass is 257 g/mol. The van der Waals surface area contributed by atoms with Gasteiger partial charge in [0.25, 0.3) is 0 Å².